The summed E-state index contributed by atoms with van der Waals surface area (Å²) in [4.78, 5) is 17.2. The number of carbonyl (C=O) groups excluding carboxylic acids is 1. The average Bonchev–Trinajstić information content (AvgIpc) is 3.34. The van der Waals surface area contributed by atoms with Crippen LogP contribution in [0.2, 0.25) is 5.02 Å². The second-order valence-electron chi connectivity index (χ2n) is 7.09. The second kappa shape index (κ2) is 8.26. The minimum absolute atomic E-state index is 0.113. The van der Waals surface area contributed by atoms with Crippen LogP contribution in [0.5, 0.6) is 0 Å². The lowest BCUT2D eigenvalue weighted by Crippen LogP contribution is -2.23. The maximum Gasteiger partial charge on any atom is 0.286 e. The molecular weight excluding hydrogens is 426 g/mol. The molecule has 0 unspecified atom stereocenters. The number of aromatic nitrogens is 2. The summed E-state index contributed by atoms with van der Waals surface area (Å²) in [6.07, 6.45) is 1.68. The number of hydrogen-bond donors (Lipinski definition) is 0. The summed E-state index contributed by atoms with van der Waals surface area (Å²) in [7, 11) is 0. The monoisotopic (exact) mass is 440 g/mol. The molecule has 32 heavy (non-hydrogen) atoms. The number of hydroxylamine groups is 1. The molecule has 7 heteroatoms. The van der Waals surface area contributed by atoms with Gasteiger partial charge in [0.2, 0.25) is 5.76 Å². The smallest absolute Gasteiger partial charge is 0.286 e. The molecule has 0 saturated heterocycles. The van der Waals surface area contributed by atoms with Gasteiger partial charge in [0.05, 0.1) is 10.7 Å². The SMILES string of the molecule is O=C(c1cc(-c2ccccc2)no1)N([O-])c1ccc(Cl)c(-c2nccc3ccccc23)c1. The van der Waals surface area contributed by atoms with Crippen molar-refractivity contribution in [1.82, 2.24) is 10.1 Å². The van der Waals surface area contributed by atoms with E-state index in [4.69, 9.17) is 16.1 Å². The van der Waals surface area contributed by atoms with Crippen molar-refractivity contribution in [1.29, 1.82) is 0 Å². The normalized spacial score (nSPS) is 10.9. The first-order chi connectivity index (χ1) is 15.6. The molecule has 5 aromatic rings. The lowest BCUT2D eigenvalue weighted by molar-refractivity contribution is 0.0962. The Balaban J connectivity index is 1.49. The number of rotatable bonds is 4. The van der Waals surface area contributed by atoms with E-state index in [0.29, 0.717) is 22.0 Å². The van der Waals surface area contributed by atoms with E-state index >= 15 is 0 Å². The minimum Gasteiger partial charge on any atom is -0.751 e. The van der Waals surface area contributed by atoms with Crippen molar-refractivity contribution in [3.63, 3.8) is 0 Å². The van der Waals surface area contributed by atoms with Gasteiger partial charge in [0.1, 0.15) is 5.69 Å². The van der Waals surface area contributed by atoms with Crippen LogP contribution in [0, 0.1) is 5.21 Å². The summed E-state index contributed by atoms with van der Waals surface area (Å²) in [5.74, 6) is -1.02. The Morgan fingerprint density at radius 3 is 2.56 bits per heavy atom. The van der Waals surface area contributed by atoms with Crippen LogP contribution >= 0.6 is 11.6 Å². The molecule has 5 rings (SSSR count). The van der Waals surface area contributed by atoms with Gasteiger partial charge in [-0.15, -0.1) is 0 Å². The predicted molar refractivity (Wildman–Crippen MR) is 124 cm³/mol. The molecule has 0 atom stereocenters. The van der Waals surface area contributed by atoms with Gasteiger partial charge >= 0.3 is 0 Å². The first-order valence-electron chi connectivity index (χ1n) is 9.79. The molecule has 0 bridgehead atoms. The topological polar surface area (TPSA) is 82.3 Å². The number of carbonyl (C=O) groups is 1. The summed E-state index contributed by atoms with van der Waals surface area (Å²) in [6.45, 7) is 0. The van der Waals surface area contributed by atoms with E-state index in [2.05, 4.69) is 10.1 Å². The highest BCUT2D eigenvalue weighted by atomic mass is 35.5. The first-order valence-corrected chi connectivity index (χ1v) is 10.2. The minimum atomic E-state index is -0.862. The molecule has 3 aromatic carbocycles. The molecule has 0 aliphatic rings. The number of fused-ring (bicyclic) bond motifs is 1. The largest absolute Gasteiger partial charge is 0.751 e. The Morgan fingerprint density at radius 1 is 0.938 bits per heavy atom. The van der Waals surface area contributed by atoms with Crippen LogP contribution in [0.3, 0.4) is 0 Å². The summed E-state index contributed by atoms with van der Waals surface area (Å²) in [6, 6.07) is 24.9. The van der Waals surface area contributed by atoms with Crippen molar-refractivity contribution >= 4 is 34.0 Å². The third kappa shape index (κ3) is 3.62. The van der Waals surface area contributed by atoms with Gasteiger partial charge in [-0.25, -0.2) is 0 Å². The number of anilines is 1. The quantitative estimate of drug-likeness (QED) is 0.304. The van der Waals surface area contributed by atoms with Crippen LogP contribution in [-0.4, -0.2) is 16.0 Å². The van der Waals surface area contributed by atoms with E-state index in [1.807, 2.05) is 60.7 Å². The highest BCUT2D eigenvalue weighted by Crippen LogP contribution is 2.35. The zero-order valence-corrected chi connectivity index (χ0v) is 17.4. The van der Waals surface area contributed by atoms with Gasteiger partial charge in [0, 0.05) is 34.5 Å². The molecule has 156 valence electrons. The summed E-state index contributed by atoms with van der Waals surface area (Å²) in [5, 5.41) is 19.3. The Hall–Kier alpha value is -4.00. The third-order valence-corrected chi connectivity index (χ3v) is 5.42. The molecule has 0 radical (unpaired) electrons. The Labute approximate surface area is 188 Å². The molecule has 0 aliphatic carbocycles. The summed E-state index contributed by atoms with van der Waals surface area (Å²) >= 11 is 6.43. The molecule has 0 N–H and O–H groups in total. The van der Waals surface area contributed by atoms with E-state index in [1.54, 1.807) is 18.3 Å². The van der Waals surface area contributed by atoms with Gasteiger partial charge < -0.3 is 14.8 Å². The van der Waals surface area contributed by atoms with E-state index < -0.39 is 5.91 Å². The maximum atomic E-state index is 12.9. The van der Waals surface area contributed by atoms with Gasteiger partial charge in [-0.3, -0.25) is 9.78 Å². The fraction of sp³-hybridized carbons (Fsp3) is 0. The lowest BCUT2D eigenvalue weighted by Gasteiger charge is -2.27. The predicted octanol–water partition coefficient (Wildman–Crippen LogP) is 6.35. The van der Waals surface area contributed by atoms with E-state index in [1.165, 1.54) is 12.1 Å². The van der Waals surface area contributed by atoms with Gasteiger partial charge in [-0.1, -0.05) is 71.4 Å². The number of amides is 1. The molecule has 1 amide bonds. The van der Waals surface area contributed by atoms with Crippen molar-refractivity contribution in [3.8, 4) is 22.5 Å². The number of hydrogen-bond acceptors (Lipinski definition) is 5. The molecule has 0 saturated carbocycles. The zero-order chi connectivity index (χ0) is 22.1. The number of halogens is 1. The summed E-state index contributed by atoms with van der Waals surface area (Å²) < 4.78 is 5.14. The number of pyridine rings is 1. The van der Waals surface area contributed by atoms with Crippen molar-refractivity contribution in [3.05, 3.63) is 107 Å². The Kier molecular flexibility index (Phi) is 5.15. The molecule has 6 nitrogen and oxygen atoms in total. The van der Waals surface area contributed by atoms with Crippen LogP contribution < -0.4 is 5.06 Å². The zero-order valence-electron chi connectivity index (χ0n) is 16.6. The maximum absolute atomic E-state index is 12.9. The van der Waals surface area contributed by atoms with Gasteiger partial charge in [-0.2, -0.15) is 0 Å². The average molecular weight is 441 g/mol. The second-order valence-corrected chi connectivity index (χ2v) is 7.49. The van der Waals surface area contributed by atoms with Crippen molar-refractivity contribution in [2.24, 2.45) is 0 Å². The van der Waals surface area contributed by atoms with E-state index in [9.17, 15) is 10.0 Å². The van der Waals surface area contributed by atoms with E-state index in [-0.39, 0.29) is 16.5 Å². The molecule has 0 spiro atoms. The summed E-state index contributed by atoms with van der Waals surface area (Å²) in [5.41, 5.74) is 2.54. The van der Waals surface area contributed by atoms with Crippen LogP contribution in [0.4, 0.5) is 5.69 Å². The molecule has 2 heterocycles. The molecule has 2 aromatic heterocycles. The standard InChI is InChI=1S/C25H15ClN3O3/c26-21-11-10-18(14-20(21)24-19-9-5-4-6-16(19)12-13-27-24)29(31)25(30)23-15-22(28-32-23)17-7-2-1-3-8-17/h1-15H/q-1. The Morgan fingerprint density at radius 2 is 1.72 bits per heavy atom. The van der Waals surface area contributed by atoms with Crippen LogP contribution in [0.25, 0.3) is 33.3 Å². The fourth-order valence-corrected chi connectivity index (χ4v) is 3.70. The molecule has 0 fully saturated rings. The van der Waals surface area contributed by atoms with Gasteiger partial charge in [0.15, 0.2) is 0 Å². The number of benzene rings is 3. The fourth-order valence-electron chi connectivity index (χ4n) is 3.49. The van der Waals surface area contributed by atoms with Gasteiger partial charge in [-0.05, 0) is 29.7 Å². The Bertz CT molecular complexity index is 1430. The van der Waals surface area contributed by atoms with Crippen molar-refractivity contribution < 1.29 is 9.32 Å². The highest BCUT2D eigenvalue weighted by Gasteiger charge is 2.18. The van der Waals surface area contributed by atoms with Crippen molar-refractivity contribution in [2.45, 2.75) is 0 Å². The molecule has 0 aliphatic heterocycles. The highest BCUT2D eigenvalue weighted by molar-refractivity contribution is 6.33. The van der Waals surface area contributed by atoms with Gasteiger partial charge in [0.25, 0.3) is 5.91 Å². The third-order valence-electron chi connectivity index (χ3n) is 5.09. The lowest BCUT2D eigenvalue weighted by atomic mass is 10.0. The number of nitrogens with zero attached hydrogens (tertiary/aromatic N) is 3. The first kappa shape index (κ1) is 19.9. The van der Waals surface area contributed by atoms with Crippen LogP contribution in [-0.2, 0) is 0 Å². The van der Waals surface area contributed by atoms with E-state index in [0.717, 1.165) is 16.3 Å². The van der Waals surface area contributed by atoms with Crippen LogP contribution in [0.15, 0.2) is 95.6 Å². The molecular formula is C25H15ClN3O3-. The van der Waals surface area contributed by atoms with Crippen molar-refractivity contribution in [2.75, 3.05) is 5.06 Å². The van der Waals surface area contributed by atoms with Crippen LogP contribution in [0.1, 0.15) is 10.6 Å².